The van der Waals surface area contributed by atoms with Gasteiger partial charge in [-0.05, 0) is 38.0 Å². The van der Waals surface area contributed by atoms with Gasteiger partial charge in [-0.2, -0.15) is 0 Å². The number of benzene rings is 1. The highest BCUT2D eigenvalue weighted by atomic mass is 35.5. The number of Topliss-reactive ketones (excluding diaryl/α,β-unsaturated/α-hetero) is 1. The molecule has 1 atom stereocenters. The van der Waals surface area contributed by atoms with E-state index in [-0.39, 0.29) is 11.8 Å². The summed E-state index contributed by atoms with van der Waals surface area (Å²) in [5.74, 6) is 0.243. The fraction of sp³-hybridized carbons (Fsp3) is 0.462. The number of fused-ring (bicyclic) bond motifs is 1. The minimum atomic E-state index is 0.243. The molecule has 3 heteroatoms. The van der Waals surface area contributed by atoms with Crippen molar-refractivity contribution in [1.82, 2.24) is 0 Å². The first-order valence-electron chi connectivity index (χ1n) is 5.67. The molecular formula is C13H16ClNO. The van der Waals surface area contributed by atoms with Gasteiger partial charge >= 0.3 is 0 Å². The lowest BCUT2D eigenvalue weighted by Crippen LogP contribution is -2.33. The number of hydrogen-bond acceptors (Lipinski definition) is 2. The Kier molecular flexibility index (Phi) is 3.20. The maximum Gasteiger partial charge on any atom is 0.131 e. The molecule has 0 aromatic heterocycles. The number of carbonyl (C=O) groups is 1. The zero-order valence-electron chi connectivity index (χ0n) is 9.66. The molecule has 2 nitrogen and oxygen atoms in total. The minimum Gasteiger partial charge on any atom is -0.368 e. The summed E-state index contributed by atoms with van der Waals surface area (Å²) >= 11 is 6.18. The van der Waals surface area contributed by atoms with Crippen LogP contribution in [0.1, 0.15) is 25.8 Å². The second-order valence-corrected chi connectivity index (χ2v) is 4.69. The summed E-state index contributed by atoms with van der Waals surface area (Å²) in [6.45, 7) is 4.69. The zero-order chi connectivity index (χ0) is 11.7. The van der Waals surface area contributed by atoms with E-state index in [0.717, 1.165) is 18.0 Å². The molecule has 1 aliphatic rings. The van der Waals surface area contributed by atoms with Crippen LogP contribution in [0.5, 0.6) is 0 Å². The van der Waals surface area contributed by atoms with Gasteiger partial charge in [0.15, 0.2) is 0 Å². The molecule has 0 spiro atoms. The maximum absolute atomic E-state index is 11.2. The molecule has 0 bridgehead atoms. The van der Waals surface area contributed by atoms with Crippen molar-refractivity contribution < 1.29 is 4.79 Å². The molecule has 1 aromatic carbocycles. The number of nitrogens with zero attached hydrogens (tertiary/aromatic N) is 1. The normalized spacial score (nSPS) is 18.7. The van der Waals surface area contributed by atoms with Crippen LogP contribution in [0, 0.1) is 0 Å². The first-order valence-corrected chi connectivity index (χ1v) is 6.04. The monoisotopic (exact) mass is 237 g/mol. The van der Waals surface area contributed by atoms with E-state index in [4.69, 9.17) is 11.6 Å². The van der Waals surface area contributed by atoms with E-state index in [2.05, 4.69) is 17.9 Å². The van der Waals surface area contributed by atoms with Gasteiger partial charge in [0.25, 0.3) is 0 Å². The first kappa shape index (κ1) is 11.5. The lowest BCUT2D eigenvalue weighted by molar-refractivity contribution is -0.117. The number of anilines is 1. The summed E-state index contributed by atoms with van der Waals surface area (Å²) in [6.07, 6.45) is 1.50. The molecule has 16 heavy (non-hydrogen) atoms. The van der Waals surface area contributed by atoms with Gasteiger partial charge in [-0.3, -0.25) is 4.79 Å². The molecular weight excluding hydrogens is 222 g/mol. The summed E-state index contributed by atoms with van der Waals surface area (Å²) in [4.78, 5) is 13.5. The summed E-state index contributed by atoms with van der Waals surface area (Å²) < 4.78 is 0. The average molecular weight is 238 g/mol. The van der Waals surface area contributed by atoms with Crippen molar-refractivity contribution in [2.45, 2.75) is 32.7 Å². The van der Waals surface area contributed by atoms with E-state index < -0.39 is 0 Å². The summed E-state index contributed by atoms with van der Waals surface area (Å²) in [7, 11) is 0. The van der Waals surface area contributed by atoms with Crippen LogP contribution in [0.2, 0.25) is 5.02 Å². The molecule has 0 amide bonds. The lowest BCUT2D eigenvalue weighted by atomic mass is 10.1. The van der Waals surface area contributed by atoms with Crippen molar-refractivity contribution >= 4 is 23.1 Å². The fourth-order valence-corrected chi connectivity index (χ4v) is 2.75. The average Bonchev–Trinajstić information content (AvgIpc) is 2.56. The number of hydrogen-bond donors (Lipinski definition) is 0. The largest absolute Gasteiger partial charge is 0.368 e. The van der Waals surface area contributed by atoms with E-state index in [9.17, 15) is 4.79 Å². The quantitative estimate of drug-likeness (QED) is 0.805. The highest BCUT2D eigenvalue weighted by Crippen LogP contribution is 2.37. The van der Waals surface area contributed by atoms with Crippen LogP contribution in [0.4, 0.5) is 5.69 Å². The smallest absolute Gasteiger partial charge is 0.131 e. The van der Waals surface area contributed by atoms with Crippen molar-refractivity contribution in [2.75, 3.05) is 11.4 Å². The van der Waals surface area contributed by atoms with Gasteiger partial charge in [0.05, 0.1) is 0 Å². The fourth-order valence-electron chi connectivity index (χ4n) is 2.50. The van der Waals surface area contributed by atoms with Crippen LogP contribution in [0.3, 0.4) is 0 Å². The SMILES string of the molecule is CCN1c2cccc(Cl)c2CC1CC(C)=O. The van der Waals surface area contributed by atoms with Gasteiger partial charge in [-0.25, -0.2) is 0 Å². The number of carbonyl (C=O) groups excluding carboxylic acids is 1. The Balaban J connectivity index is 2.32. The van der Waals surface area contributed by atoms with Crippen molar-refractivity contribution in [3.05, 3.63) is 28.8 Å². The van der Waals surface area contributed by atoms with Crippen LogP contribution in [0.25, 0.3) is 0 Å². The van der Waals surface area contributed by atoms with Crippen molar-refractivity contribution in [3.8, 4) is 0 Å². The molecule has 0 fully saturated rings. The molecule has 0 saturated carbocycles. The molecule has 1 heterocycles. The van der Waals surface area contributed by atoms with Crippen LogP contribution in [0.15, 0.2) is 18.2 Å². The Morgan fingerprint density at radius 3 is 2.94 bits per heavy atom. The molecule has 0 saturated heterocycles. The Morgan fingerprint density at radius 2 is 2.31 bits per heavy atom. The predicted octanol–water partition coefficient (Wildman–Crippen LogP) is 3.07. The third kappa shape index (κ3) is 1.94. The topological polar surface area (TPSA) is 20.3 Å². The zero-order valence-corrected chi connectivity index (χ0v) is 10.4. The number of ketones is 1. The number of likely N-dealkylation sites (N-methyl/N-ethyl adjacent to an activating group) is 1. The molecule has 86 valence electrons. The van der Waals surface area contributed by atoms with E-state index in [0.29, 0.717) is 6.42 Å². The summed E-state index contributed by atoms with van der Waals surface area (Å²) in [6, 6.07) is 6.27. The predicted molar refractivity (Wildman–Crippen MR) is 67.3 cm³/mol. The summed E-state index contributed by atoms with van der Waals surface area (Å²) in [5.41, 5.74) is 2.39. The van der Waals surface area contributed by atoms with Crippen LogP contribution < -0.4 is 4.90 Å². The van der Waals surface area contributed by atoms with Crippen molar-refractivity contribution in [2.24, 2.45) is 0 Å². The van der Waals surface area contributed by atoms with Gasteiger partial charge in [-0.1, -0.05) is 17.7 Å². The lowest BCUT2D eigenvalue weighted by Gasteiger charge is -2.25. The third-order valence-corrected chi connectivity index (χ3v) is 3.50. The highest BCUT2D eigenvalue weighted by molar-refractivity contribution is 6.31. The van der Waals surface area contributed by atoms with Gasteiger partial charge in [-0.15, -0.1) is 0 Å². The molecule has 1 aromatic rings. The molecule has 0 N–H and O–H groups in total. The highest BCUT2D eigenvalue weighted by Gasteiger charge is 2.30. The van der Waals surface area contributed by atoms with E-state index in [1.54, 1.807) is 6.92 Å². The van der Waals surface area contributed by atoms with E-state index >= 15 is 0 Å². The first-order chi connectivity index (χ1) is 7.63. The standard InChI is InChI=1S/C13H16ClNO/c1-3-15-10(7-9(2)16)8-11-12(14)5-4-6-13(11)15/h4-6,10H,3,7-8H2,1-2H3. The molecule has 1 unspecified atom stereocenters. The Bertz CT molecular complexity index is 416. The van der Waals surface area contributed by atoms with Crippen molar-refractivity contribution in [1.29, 1.82) is 0 Å². The van der Waals surface area contributed by atoms with Crippen molar-refractivity contribution in [3.63, 3.8) is 0 Å². The van der Waals surface area contributed by atoms with E-state index in [1.807, 2.05) is 12.1 Å². The molecule has 2 rings (SSSR count). The van der Waals surface area contributed by atoms with Gasteiger partial charge in [0, 0.05) is 29.7 Å². The van der Waals surface area contributed by atoms with Crippen LogP contribution in [-0.4, -0.2) is 18.4 Å². The number of rotatable bonds is 3. The van der Waals surface area contributed by atoms with Crippen LogP contribution >= 0.6 is 11.6 Å². The van der Waals surface area contributed by atoms with Gasteiger partial charge in [0.2, 0.25) is 0 Å². The Hall–Kier alpha value is -1.02. The van der Waals surface area contributed by atoms with E-state index in [1.165, 1.54) is 11.3 Å². The second kappa shape index (κ2) is 4.46. The maximum atomic E-state index is 11.2. The second-order valence-electron chi connectivity index (χ2n) is 4.29. The van der Waals surface area contributed by atoms with Crippen LogP contribution in [-0.2, 0) is 11.2 Å². The third-order valence-electron chi connectivity index (χ3n) is 3.15. The van der Waals surface area contributed by atoms with Gasteiger partial charge in [0.1, 0.15) is 5.78 Å². The minimum absolute atomic E-state index is 0.243. The molecule has 0 aliphatic carbocycles. The Morgan fingerprint density at radius 1 is 1.56 bits per heavy atom. The molecule has 1 aliphatic heterocycles. The molecule has 0 radical (unpaired) electrons. The van der Waals surface area contributed by atoms with Gasteiger partial charge < -0.3 is 4.90 Å². The summed E-state index contributed by atoms with van der Waals surface area (Å²) in [5, 5.41) is 0.821. The Labute approximate surface area is 101 Å². The number of halogens is 1.